The second-order valence-electron chi connectivity index (χ2n) is 5.82. The van der Waals surface area contributed by atoms with Gasteiger partial charge in [-0.25, -0.2) is 5.43 Å². The molecule has 1 aliphatic rings. The third-order valence-electron chi connectivity index (χ3n) is 4.09. The average Bonchev–Trinajstić information content (AvgIpc) is 3.06. The number of anilines is 1. The normalized spacial score (nSPS) is 14.7. The van der Waals surface area contributed by atoms with Crippen molar-refractivity contribution in [1.29, 1.82) is 0 Å². The third kappa shape index (κ3) is 3.96. The molecule has 3 rings (SSSR count). The van der Waals surface area contributed by atoms with Gasteiger partial charge in [0.2, 0.25) is 5.91 Å². The lowest BCUT2D eigenvalue weighted by molar-refractivity contribution is -0.117. The Balaban J connectivity index is 1.75. The summed E-state index contributed by atoms with van der Waals surface area (Å²) in [6.45, 7) is 2.57. The van der Waals surface area contributed by atoms with Crippen molar-refractivity contribution in [3.63, 3.8) is 0 Å². The number of nitrogens with zero attached hydrogens (tertiary/aromatic N) is 2. The molecule has 0 atom stereocenters. The summed E-state index contributed by atoms with van der Waals surface area (Å²) in [5, 5.41) is 4.19. The van der Waals surface area contributed by atoms with E-state index < -0.39 is 0 Å². The highest BCUT2D eigenvalue weighted by Gasteiger charge is 2.21. The lowest BCUT2D eigenvalue weighted by Crippen LogP contribution is -2.24. The summed E-state index contributed by atoms with van der Waals surface area (Å²) in [6.07, 6.45) is 1.48. The van der Waals surface area contributed by atoms with Crippen LogP contribution < -0.4 is 10.3 Å². The van der Waals surface area contributed by atoms with E-state index in [4.69, 9.17) is 0 Å². The van der Waals surface area contributed by atoms with E-state index in [0.717, 1.165) is 28.7 Å². The quantitative estimate of drug-likeness (QED) is 0.628. The first-order valence-electron chi connectivity index (χ1n) is 8.06. The minimum Gasteiger partial charge on any atom is -0.312 e. The Morgan fingerprint density at radius 3 is 2.72 bits per heavy atom. The average molecular weight is 400 g/mol. The molecule has 2 aromatic carbocycles. The molecule has 1 aliphatic heterocycles. The number of carbonyl (C=O) groups excluding carboxylic acids is 2. The van der Waals surface area contributed by atoms with E-state index in [2.05, 4.69) is 26.5 Å². The van der Waals surface area contributed by atoms with Crippen LogP contribution in [0.15, 0.2) is 58.1 Å². The maximum Gasteiger partial charge on any atom is 0.272 e. The molecule has 2 amide bonds. The second-order valence-corrected chi connectivity index (χ2v) is 6.67. The van der Waals surface area contributed by atoms with Gasteiger partial charge in [-0.15, -0.1) is 0 Å². The van der Waals surface area contributed by atoms with Gasteiger partial charge in [-0.1, -0.05) is 24.3 Å². The predicted molar refractivity (Wildman–Crippen MR) is 102 cm³/mol. The van der Waals surface area contributed by atoms with Crippen molar-refractivity contribution in [2.24, 2.45) is 5.10 Å². The molecule has 0 aliphatic carbocycles. The monoisotopic (exact) mass is 399 g/mol. The number of amides is 2. The van der Waals surface area contributed by atoms with Crippen LogP contribution in [0.3, 0.4) is 0 Å². The number of hydrazone groups is 1. The van der Waals surface area contributed by atoms with E-state index in [0.29, 0.717) is 17.7 Å². The Morgan fingerprint density at radius 1 is 1.20 bits per heavy atom. The van der Waals surface area contributed by atoms with Crippen molar-refractivity contribution in [3.05, 3.63) is 64.1 Å². The summed E-state index contributed by atoms with van der Waals surface area (Å²) in [7, 11) is 0. The van der Waals surface area contributed by atoms with Crippen LogP contribution in [0.25, 0.3) is 0 Å². The van der Waals surface area contributed by atoms with Gasteiger partial charge >= 0.3 is 0 Å². The number of hydrogen-bond acceptors (Lipinski definition) is 3. The Kier molecular flexibility index (Phi) is 5.28. The molecular weight excluding hydrogens is 382 g/mol. The van der Waals surface area contributed by atoms with Gasteiger partial charge in [0.1, 0.15) is 0 Å². The summed E-state index contributed by atoms with van der Waals surface area (Å²) < 4.78 is 0.717. The molecule has 0 unspecified atom stereocenters. The van der Waals surface area contributed by atoms with E-state index in [9.17, 15) is 9.59 Å². The first kappa shape index (κ1) is 17.4. The standard InChI is InChI=1S/C19H18BrN3O2/c1-13(21-22-19(25)16-8-2-3-9-17(16)20)14-6-4-7-15(12-14)23-11-5-10-18(23)24/h2-4,6-9,12H,5,10-11H2,1H3,(H,22,25)/b21-13-. The molecule has 2 aromatic rings. The van der Waals surface area contributed by atoms with Crippen LogP contribution in [0.2, 0.25) is 0 Å². The van der Waals surface area contributed by atoms with Crippen LogP contribution in [0.1, 0.15) is 35.7 Å². The van der Waals surface area contributed by atoms with Crippen LogP contribution in [0.4, 0.5) is 5.69 Å². The highest BCUT2D eigenvalue weighted by molar-refractivity contribution is 9.10. The van der Waals surface area contributed by atoms with E-state index >= 15 is 0 Å². The first-order valence-corrected chi connectivity index (χ1v) is 8.85. The van der Waals surface area contributed by atoms with E-state index in [1.54, 1.807) is 17.0 Å². The van der Waals surface area contributed by atoms with Gasteiger partial charge in [0.15, 0.2) is 0 Å². The van der Waals surface area contributed by atoms with Gasteiger partial charge in [0, 0.05) is 23.1 Å². The molecule has 0 aromatic heterocycles. The molecule has 25 heavy (non-hydrogen) atoms. The lowest BCUT2D eigenvalue weighted by Gasteiger charge is -2.16. The van der Waals surface area contributed by atoms with Crippen molar-refractivity contribution < 1.29 is 9.59 Å². The maximum absolute atomic E-state index is 12.2. The van der Waals surface area contributed by atoms with Gasteiger partial charge < -0.3 is 4.90 Å². The van der Waals surface area contributed by atoms with Crippen LogP contribution in [-0.2, 0) is 4.79 Å². The van der Waals surface area contributed by atoms with Gasteiger partial charge in [-0.2, -0.15) is 5.10 Å². The highest BCUT2D eigenvalue weighted by atomic mass is 79.9. The Morgan fingerprint density at radius 2 is 2.00 bits per heavy atom. The fraction of sp³-hybridized carbons (Fsp3) is 0.211. The van der Waals surface area contributed by atoms with Crippen LogP contribution in [0, 0.1) is 0 Å². The van der Waals surface area contributed by atoms with E-state index in [1.165, 1.54) is 0 Å². The minimum absolute atomic E-state index is 0.147. The summed E-state index contributed by atoms with van der Waals surface area (Å²) in [5.74, 6) is -0.133. The number of nitrogens with one attached hydrogen (secondary N) is 1. The molecule has 1 heterocycles. The molecule has 1 saturated heterocycles. The second kappa shape index (κ2) is 7.61. The Hall–Kier alpha value is -2.47. The van der Waals surface area contributed by atoms with Crippen LogP contribution in [-0.4, -0.2) is 24.1 Å². The zero-order valence-corrected chi connectivity index (χ0v) is 15.4. The summed E-state index contributed by atoms with van der Waals surface area (Å²) in [4.78, 5) is 25.9. The molecule has 1 N–H and O–H groups in total. The van der Waals surface area contributed by atoms with Crippen LogP contribution >= 0.6 is 15.9 Å². The molecular formula is C19H18BrN3O2. The molecule has 0 saturated carbocycles. The molecule has 6 heteroatoms. The van der Waals surface area contributed by atoms with Gasteiger partial charge in [-0.3, -0.25) is 9.59 Å². The zero-order valence-electron chi connectivity index (χ0n) is 13.8. The number of halogens is 1. The van der Waals surface area contributed by atoms with Crippen molar-refractivity contribution >= 4 is 39.1 Å². The molecule has 0 spiro atoms. The molecule has 1 fully saturated rings. The maximum atomic E-state index is 12.2. The summed E-state index contributed by atoms with van der Waals surface area (Å²) in [6, 6.07) is 14.8. The summed E-state index contributed by atoms with van der Waals surface area (Å²) >= 11 is 3.35. The SMILES string of the molecule is C/C(=N/NC(=O)c1ccccc1Br)c1cccc(N2CCCC2=O)c1. The fourth-order valence-corrected chi connectivity index (χ4v) is 3.19. The highest BCUT2D eigenvalue weighted by Crippen LogP contribution is 2.22. The van der Waals surface area contributed by atoms with E-state index in [-0.39, 0.29) is 11.8 Å². The van der Waals surface area contributed by atoms with Crippen molar-refractivity contribution in [2.45, 2.75) is 19.8 Å². The third-order valence-corrected chi connectivity index (χ3v) is 4.78. The first-order chi connectivity index (χ1) is 12.1. The van der Waals surface area contributed by atoms with Gasteiger partial charge in [-0.05, 0) is 59.1 Å². The zero-order chi connectivity index (χ0) is 17.8. The van der Waals surface area contributed by atoms with Gasteiger partial charge in [0.05, 0.1) is 11.3 Å². The largest absolute Gasteiger partial charge is 0.312 e. The van der Waals surface area contributed by atoms with Gasteiger partial charge in [0.25, 0.3) is 5.91 Å². The van der Waals surface area contributed by atoms with Crippen molar-refractivity contribution in [3.8, 4) is 0 Å². The number of hydrogen-bond donors (Lipinski definition) is 1. The number of carbonyl (C=O) groups is 2. The smallest absolute Gasteiger partial charge is 0.272 e. The molecule has 5 nitrogen and oxygen atoms in total. The summed E-state index contributed by atoms with van der Waals surface area (Å²) in [5.41, 5.74) is 5.51. The Bertz CT molecular complexity index is 848. The molecule has 128 valence electrons. The Labute approximate surface area is 154 Å². The minimum atomic E-state index is -0.280. The lowest BCUT2D eigenvalue weighted by atomic mass is 10.1. The predicted octanol–water partition coefficient (Wildman–Crippen LogP) is 3.73. The number of benzene rings is 2. The van der Waals surface area contributed by atoms with Crippen LogP contribution in [0.5, 0.6) is 0 Å². The molecule has 0 radical (unpaired) electrons. The fourth-order valence-electron chi connectivity index (χ4n) is 2.72. The van der Waals surface area contributed by atoms with Crippen molar-refractivity contribution in [2.75, 3.05) is 11.4 Å². The topological polar surface area (TPSA) is 61.8 Å². The van der Waals surface area contributed by atoms with E-state index in [1.807, 2.05) is 43.3 Å². The van der Waals surface area contributed by atoms with Crippen molar-refractivity contribution in [1.82, 2.24) is 5.43 Å². The molecule has 0 bridgehead atoms. The number of rotatable bonds is 4.